The van der Waals surface area contributed by atoms with E-state index in [4.69, 9.17) is 4.98 Å². The van der Waals surface area contributed by atoms with Gasteiger partial charge in [0.15, 0.2) is 0 Å². The van der Waals surface area contributed by atoms with Gasteiger partial charge in [0.05, 0.1) is 0 Å². The molecule has 0 spiro atoms. The summed E-state index contributed by atoms with van der Waals surface area (Å²) in [6.45, 7) is 4.25. The Balaban J connectivity index is 1.44. The lowest BCUT2D eigenvalue weighted by Gasteiger charge is -2.34. The average Bonchev–Trinajstić information content (AvgIpc) is 3.36. The van der Waals surface area contributed by atoms with Gasteiger partial charge < -0.3 is 9.80 Å². The number of rotatable bonds is 4. The highest BCUT2D eigenvalue weighted by atomic mass is 32.2. The maximum Gasteiger partial charge on any atom is 0.252 e. The highest BCUT2D eigenvalue weighted by Crippen LogP contribution is 2.24. The first-order chi connectivity index (χ1) is 12.1. The Morgan fingerprint density at radius 3 is 2.40 bits per heavy atom. The van der Waals surface area contributed by atoms with Crippen LogP contribution >= 0.6 is 11.3 Å². The Morgan fingerprint density at radius 2 is 1.72 bits per heavy atom. The van der Waals surface area contributed by atoms with Crippen molar-refractivity contribution >= 4 is 33.1 Å². The van der Waals surface area contributed by atoms with Crippen molar-refractivity contribution in [1.82, 2.24) is 14.3 Å². The summed E-state index contributed by atoms with van der Waals surface area (Å²) in [5.74, 6) is 1.66. The van der Waals surface area contributed by atoms with Crippen LogP contribution in [0, 0.1) is 0 Å². The predicted molar refractivity (Wildman–Crippen MR) is 98.8 cm³/mol. The first-order valence-electron chi connectivity index (χ1n) is 8.51. The number of hydrogen-bond donors (Lipinski definition) is 0. The lowest BCUT2D eigenvalue weighted by molar-refractivity contribution is 0.384. The van der Waals surface area contributed by atoms with Crippen LogP contribution in [0.1, 0.15) is 12.8 Å². The second-order valence-electron chi connectivity index (χ2n) is 6.23. The third-order valence-electron chi connectivity index (χ3n) is 4.67. The molecule has 134 valence electrons. The fourth-order valence-electron chi connectivity index (χ4n) is 3.28. The third-order valence-corrected chi connectivity index (χ3v) is 7.94. The van der Waals surface area contributed by atoms with Crippen LogP contribution in [0.2, 0.25) is 0 Å². The molecule has 0 saturated carbocycles. The fourth-order valence-corrected chi connectivity index (χ4v) is 5.85. The van der Waals surface area contributed by atoms with Gasteiger partial charge in [-0.2, -0.15) is 9.29 Å². The average molecular weight is 380 g/mol. The minimum atomic E-state index is -3.36. The SMILES string of the molecule is O=S(=O)(c1cccs1)N1CCN(c2ccnc(N3CCCC3)n2)CC1. The van der Waals surface area contributed by atoms with Crippen LogP contribution in [0.3, 0.4) is 0 Å². The van der Waals surface area contributed by atoms with E-state index < -0.39 is 10.0 Å². The standard InChI is InChI=1S/C16H21N5O2S2/c22-25(23,15-4-3-13-24-15)21-11-9-19(10-12-21)14-5-6-17-16(18-14)20-7-1-2-8-20/h3-6,13H,1-2,7-12H2. The molecule has 2 saturated heterocycles. The topological polar surface area (TPSA) is 69.6 Å². The molecular formula is C16H21N5O2S2. The molecule has 25 heavy (non-hydrogen) atoms. The molecule has 0 bridgehead atoms. The summed E-state index contributed by atoms with van der Waals surface area (Å²) in [6.07, 6.45) is 4.17. The van der Waals surface area contributed by atoms with Crippen molar-refractivity contribution in [2.24, 2.45) is 0 Å². The molecular weight excluding hydrogens is 358 g/mol. The van der Waals surface area contributed by atoms with Gasteiger partial charge in [-0.1, -0.05) is 6.07 Å². The largest absolute Gasteiger partial charge is 0.354 e. The minimum Gasteiger partial charge on any atom is -0.354 e. The van der Waals surface area contributed by atoms with Crippen LogP contribution in [-0.4, -0.2) is 62.0 Å². The second-order valence-corrected chi connectivity index (χ2v) is 9.34. The normalized spacial score (nSPS) is 19.5. The van der Waals surface area contributed by atoms with Crippen LogP contribution in [0.25, 0.3) is 0 Å². The zero-order valence-electron chi connectivity index (χ0n) is 13.9. The van der Waals surface area contributed by atoms with Gasteiger partial charge in [-0.15, -0.1) is 11.3 Å². The summed E-state index contributed by atoms with van der Waals surface area (Å²) < 4.78 is 27.2. The van der Waals surface area contributed by atoms with Crippen molar-refractivity contribution in [3.63, 3.8) is 0 Å². The molecule has 2 aromatic heterocycles. The van der Waals surface area contributed by atoms with Crippen molar-refractivity contribution in [2.45, 2.75) is 17.1 Å². The lowest BCUT2D eigenvalue weighted by atomic mass is 10.3. The molecule has 0 atom stereocenters. The van der Waals surface area contributed by atoms with E-state index in [-0.39, 0.29) is 0 Å². The van der Waals surface area contributed by atoms with Gasteiger partial charge in [-0.3, -0.25) is 0 Å². The van der Waals surface area contributed by atoms with Crippen LogP contribution in [0.15, 0.2) is 34.0 Å². The highest BCUT2D eigenvalue weighted by Gasteiger charge is 2.29. The van der Waals surface area contributed by atoms with Crippen molar-refractivity contribution < 1.29 is 8.42 Å². The van der Waals surface area contributed by atoms with Crippen molar-refractivity contribution in [1.29, 1.82) is 0 Å². The number of anilines is 2. The molecule has 2 aliphatic heterocycles. The smallest absolute Gasteiger partial charge is 0.252 e. The molecule has 0 aromatic carbocycles. The van der Waals surface area contributed by atoms with Crippen molar-refractivity contribution in [2.75, 3.05) is 49.1 Å². The number of sulfonamides is 1. The summed E-state index contributed by atoms with van der Waals surface area (Å²) in [5, 5.41) is 1.80. The highest BCUT2D eigenvalue weighted by molar-refractivity contribution is 7.91. The summed E-state index contributed by atoms with van der Waals surface area (Å²) in [6, 6.07) is 5.34. The molecule has 2 fully saturated rings. The van der Waals surface area contributed by atoms with Crippen LogP contribution < -0.4 is 9.80 Å². The van der Waals surface area contributed by atoms with Gasteiger partial charge >= 0.3 is 0 Å². The number of piperazine rings is 1. The number of nitrogens with zero attached hydrogens (tertiary/aromatic N) is 5. The van der Waals surface area contributed by atoms with E-state index in [1.54, 1.807) is 28.0 Å². The summed E-state index contributed by atoms with van der Waals surface area (Å²) in [5.41, 5.74) is 0. The molecule has 0 aliphatic carbocycles. The Kier molecular flexibility index (Phi) is 4.61. The fraction of sp³-hybridized carbons (Fsp3) is 0.500. The zero-order valence-corrected chi connectivity index (χ0v) is 15.5. The number of aromatic nitrogens is 2. The quantitative estimate of drug-likeness (QED) is 0.805. The number of hydrogen-bond acceptors (Lipinski definition) is 7. The monoisotopic (exact) mass is 379 g/mol. The van der Waals surface area contributed by atoms with Gasteiger partial charge in [0, 0.05) is 45.5 Å². The number of thiophene rings is 1. The molecule has 4 heterocycles. The van der Waals surface area contributed by atoms with Crippen LogP contribution in [-0.2, 0) is 10.0 Å². The molecule has 7 nitrogen and oxygen atoms in total. The van der Waals surface area contributed by atoms with E-state index in [1.165, 1.54) is 24.2 Å². The van der Waals surface area contributed by atoms with E-state index in [2.05, 4.69) is 14.8 Å². The third kappa shape index (κ3) is 3.36. The van der Waals surface area contributed by atoms with E-state index in [1.807, 2.05) is 6.07 Å². The zero-order chi connectivity index (χ0) is 17.3. The molecule has 0 amide bonds. The molecule has 4 rings (SSSR count). The molecule has 0 unspecified atom stereocenters. The molecule has 2 aromatic rings. The van der Waals surface area contributed by atoms with Crippen molar-refractivity contribution in [3.8, 4) is 0 Å². The maximum absolute atomic E-state index is 12.6. The maximum atomic E-state index is 12.6. The van der Waals surface area contributed by atoms with E-state index in [0.29, 0.717) is 30.4 Å². The van der Waals surface area contributed by atoms with Crippen molar-refractivity contribution in [3.05, 3.63) is 29.8 Å². The summed E-state index contributed by atoms with van der Waals surface area (Å²) >= 11 is 1.27. The first-order valence-corrected chi connectivity index (χ1v) is 10.8. The Bertz CT molecular complexity index is 811. The van der Waals surface area contributed by atoms with E-state index in [0.717, 1.165) is 24.9 Å². The predicted octanol–water partition coefficient (Wildman–Crippen LogP) is 1.65. The Hall–Kier alpha value is -1.71. The molecule has 2 aliphatic rings. The lowest BCUT2D eigenvalue weighted by Crippen LogP contribution is -2.48. The van der Waals surface area contributed by atoms with Gasteiger partial charge in [-0.25, -0.2) is 13.4 Å². The summed E-state index contributed by atoms with van der Waals surface area (Å²) in [4.78, 5) is 13.4. The van der Waals surface area contributed by atoms with E-state index >= 15 is 0 Å². The van der Waals surface area contributed by atoms with Crippen LogP contribution in [0.5, 0.6) is 0 Å². The molecule has 9 heteroatoms. The van der Waals surface area contributed by atoms with Gasteiger partial charge in [0.1, 0.15) is 10.0 Å². The first kappa shape index (κ1) is 16.7. The molecule has 0 radical (unpaired) electrons. The Morgan fingerprint density at radius 1 is 0.960 bits per heavy atom. The summed E-state index contributed by atoms with van der Waals surface area (Å²) in [7, 11) is -3.36. The minimum absolute atomic E-state index is 0.416. The van der Waals surface area contributed by atoms with Crippen LogP contribution in [0.4, 0.5) is 11.8 Å². The van der Waals surface area contributed by atoms with E-state index in [9.17, 15) is 8.42 Å². The van der Waals surface area contributed by atoms with Gasteiger partial charge in [-0.05, 0) is 30.4 Å². The Labute approximate surface area is 152 Å². The van der Waals surface area contributed by atoms with Gasteiger partial charge in [0.2, 0.25) is 5.95 Å². The molecule has 0 N–H and O–H groups in total. The second kappa shape index (κ2) is 6.89. The van der Waals surface area contributed by atoms with Gasteiger partial charge in [0.25, 0.3) is 10.0 Å².